The quantitative estimate of drug-likeness (QED) is 0.367. The van der Waals surface area contributed by atoms with E-state index in [0.29, 0.717) is 17.7 Å². The summed E-state index contributed by atoms with van der Waals surface area (Å²) in [5.41, 5.74) is 0.0210. The lowest BCUT2D eigenvalue weighted by molar-refractivity contribution is -0.143. The van der Waals surface area contributed by atoms with Gasteiger partial charge in [-0.25, -0.2) is 4.79 Å². The van der Waals surface area contributed by atoms with E-state index in [-0.39, 0.29) is 29.3 Å². The standard InChI is InChI=1S/C27H38O5/c1-17(2)27(30)15-14-26(7)13-12-18(3)16-21(22(26)27)32-23(28)19-8-10-20(11-9-19)31-24(29)25(4,5)6/h8-12,17,21-22,30H,13-16H2,1-7H3/t21-,22+,26-,27?/m0/s1. The van der Waals surface area contributed by atoms with Crippen LogP contribution in [0.4, 0.5) is 0 Å². The maximum atomic E-state index is 13.1. The molecule has 0 saturated heterocycles. The molecule has 5 heteroatoms. The van der Waals surface area contributed by atoms with Crippen molar-refractivity contribution in [2.75, 3.05) is 0 Å². The van der Waals surface area contributed by atoms with Crippen molar-refractivity contribution in [2.24, 2.45) is 22.7 Å². The summed E-state index contributed by atoms with van der Waals surface area (Å²) in [5.74, 6) is -0.404. The molecule has 4 atom stereocenters. The lowest BCUT2D eigenvalue weighted by Gasteiger charge is -2.43. The number of carbonyl (C=O) groups is 2. The van der Waals surface area contributed by atoms with Crippen LogP contribution < -0.4 is 4.74 Å². The van der Waals surface area contributed by atoms with Crippen molar-refractivity contribution >= 4 is 11.9 Å². The second kappa shape index (κ2) is 8.66. The number of carbonyl (C=O) groups excluding carboxylic acids is 2. The SMILES string of the molecule is CC1=CC[C@@]2(C)CCC(O)(C(C)C)[C@@H]2[C@@H](OC(=O)c2ccc(OC(=O)C(C)(C)C)cc2)C1. The van der Waals surface area contributed by atoms with Crippen molar-refractivity contribution in [3.8, 4) is 5.75 Å². The molecule has 1 aromatic rings. The molecule has 2 aliphatic carbocycles. The Morgan fingerprint density at radius 3 is 2.31 bits per heavy atom. The van der Waals surface area contributed by atoms with Crippen LogP contribution in [-0.4, -0.2) is 28.8 Å². The van der Waals surface area contributed by atoms with Crippen molar-refractivity contribution in [3.05, 3.63) is 41.5 Å². The number of allylic oxidation sites excluding steroid dienone is 1. The second-order valence-corrected chi connectivity index (χ2v) is 11.3. The Kier molecular flexibility index (Phi) is 6.63. The first-order valence-electron chi connectivity index (χ1n) is 11.7. The topological polar surface area (TPSA) is 72.8 Å². The molecule has 0 amide bonds. The fourth-order valence-corrected chi connectivity index (χ4v) is 5.21. The van der Waals surface area contributed by atoms with Crippen LogP contribution in [0.3, 0.4) is 0 Å². The van der Waals surface area contributed by atoms with Gasteiger partial charge in [-0.2, -0.15) is 0 Å². The fraction of sp³-hybridized carbons (Fsp3) is 0.630. The number of esters is 2. The summed E-state index contributed by atoms with van der Waals surface area (Å²) in [7, 11) is 0. The van der Waals surface area contributed by atoms with E-state index in [1.807, 2.05) is 13.8 Å². The zero-order chi connectivity index (χ0) is 23.9. The Labute approximate surface area is 192 Å². The van der Waals surface area contributed by atoms with Gasteiger partial charge >= 0.3 is 11.9 Å². The van der Waals surface area contributed by atoms with Crippen LogP contribution in [-0.2, 0) is 9.53 Å². The zero-order valence-electron chi connectivity index (χ0n) is 20.5. The Morgan fingerprint density at radius 2 is 1.75 bits per heavy atom. The summed E-state index contributed by atoms with van der Waals surface area (Å²) in [5, 5.41) is 11.6. The first-order chi connectivity index (χ1) is 14.8. The average Bonchev–Trinajstić information content (AvgIpc) is 2.90. The first-order valence-corrected chi connectivity index (χ1v) is 11.7. The van der Waals surface area contributed by atoms with E-state index in [9.17, 15) is 14.7 Å². The van der Waals surface area contributed by atoms with Gasteiger partial charge in [0.1, 0.15) is 11.9 Å². The van der Waals surface area contributed by atoms with Gasteiger partial charge in [-0.1, -0.05) is 32.4 Å². The molecule has 0 radical (unpaired) electrons. The van der Waals surface area contributed by atoms with Crippen molar-refractivity contribution < 1.29 is 24.2 Å². The molecule has 1 aromatic carbocycles. The lowest BCUT2D eigenvalue weighted by atomic mass is 9.67. The molecule has 3 rings (SSSR count). The van der Waals surface area contributed by atoms with Crippen LogP contribution in [0.1, 0.15) is 84.5 Å². The van der Waals surface area contributed by atoms with E-state index in [0.717, 1.165) is 19.3 Å². The Hall–Kier alpha value is -2.14. The minimum atomic E-state index is -0.858. The van der Waals surface area contributed by atoms with Crippen LogP contribution in [0.5, 0.6) is 5.75 Å². The zero-order valence-corrected chi connectivity index (χ0v) is 20.5. The summed E-state index contributed by atoms with van der Waals surface area (Å²) < 4.78 is 11.5. The molecule has 0 aromatic heterocycles. The minimum Gasteiger partial charge on any atom is -0.458 e. The van der Waals surface area contributed by atoms with Gasteiger partial charge in [0, 0.05) is 12.3 Å². The smallest absolute Gasteiger partial charge is 0.338 e. The number of fused-ring (bicyclic) bond motifs is 1. The number of hydrogen-bond donors (Lipinski definition) is 1. The number of aliphatic hydroxyl groups is 1. The van der Waals surface area contributed by atoms with E-state index < -0.39 is 17.0 Å². The maximum absolute atomic E-state index is 13.1. The average molecular weight is 443 g/mol. The molecule has 32 heavy (non-hydrogen) atoms. The van der Waals surface area contributed by atoms with Gasteiger partial charge in [0.2, 0.25) is 0 Å². The third-order valence-electron chi connectivity index (χ3n) is 7.37. The Morgan fingerprint density at radius 1 is 1.12 bits per heavy atom. The van der Waals surface area contributed by atoms with Crippen LogP contribution in [0, 0.1) is 22.7 Å². The van der Waals surface area contributed by atoms with Crippen molar-refractivity contribution in [2.45, 2.75) is 85.9 Å². The third kappa shape index (κ3) is 4.78. The van der Waals surface area contributed by atoms with Gasteiger partial charge in [0.05, 0.1) is 16.6 Å². The van der Waals surface area contributed by atoms with Crippen LogP contribution in [0.2, 0.25) is 0 Å². The van der Waals surface area contributed by atoms with Crippen molar-refractivity contribution in [3.63, 3.8) is 0 Å². The fourth-order valence-electron chi connectivity index (χ4n) is 5.21. The van der Waals surface area contributed by atoms with Gasteiger partial charge < -0.3 is 14.6 Å². The molecular formula is C27H38O5. The molecule has 0 bridgehead atoms. The summed E-state index contributed by atoms with van der Waals surface area (Å²) in [4.78, 5) is 25.2. The highest BCUT2D eigenvalue weighted by atomic mass is 16.5. The highest BCUT2D eigenvalue weighted by Gasteiger charge is 2.59. The van der Waals surface area contributed by atoms with Gasteiger partial charge in [-0.3, -0.25) is 4.79 Å². The molecule has 0 spiro atoms. The molecule has 1 N–H and O–H groups in total. The van der Waals surface area contributed by atoms with Gasteiger partial charge in [0.15, 0.2) is 0 Å². The maximum Gasteiger partial charge on any atom is 0.338 e. The van der Waals surface area contributed by atoms with E-state index in [2.05, 4.69) is 19.9 Å². The van der Waals surface area contributed by atoms with E-state index in [1.54, 1.807) is 45.0 Å². The normalized spacial score (nSPS) is 30.3. The molecule has 0 heterocycles. The van der Waals surface area contributed by atoms with Crippen molar-refractivity contribution in [1.29, 1.82) is 0 Å². The first kappa shape index (κ1) is 24.5. The Bertz CT molecular complexity index is 892. The van der Waals surface area contributed by atoms with Gasteiger partial charge in [0.25, 0.3) is 0 Å². The third-order valence-corrected chi connectivity index (χ3v) is 7.37. The molecule has 0 aliphatic heterocycles. The summed E-state index contributed by atoms with van der Waals surface area (Å²) in [6, 6.07) is 6.47. The lowest BCUT2D eigenvalue weighted by Crippen LogP contribution is -2.50. The number of benzene rings is 1. The summed E-state index contributed by atoms with van der Waals surface area (Å²) in [6.45, 7) is 13.8. The monoisotopic (exact) mass is 442 g/mol. The summed E-state index contributed by atoms with van der Waals surface area (Å²) in [6.07, 6.45) is 5.01. The molecule has 176 valence electrons. The van der Waals surface area contributed by atoms with E-state index in [4.69, 9.17) is 9.47 Å². The molecular weight excluding hydrogens is 404 g/mol. The van der Waals surface area contributed by atoms with Gasteiger partial charge in [-0.15, -0.1) is 0 Å². The molecule has 1 fully saturated rings. The predicted octanol–water partition coefficient (Wildman–Crippen LogP) is 5.71. The van der Waals surface area contributed by atoms with Crippen LogP contribution in [0.25, 0.3) is 0 Å². The minimum absolute atomic E-state index is 0.0747. The highest BCUT2D eigenvalue weighted by molar-refractivity contribution is 5.89. The van der Waals surface area contributed by atoms with Crippen LogP contribution in [0.15, 0.2) is 35.9 Å². The second-order valence-electron chi connectivity index (χ2n) is 11.3. The molecule has 5 nitrogen and oxygen atoms in total. The number of rotatable bonds is 4. The highest BCUT2D eigenvalue weighted by Crippen LogP contribution is 2.58. The van der Waals surface area contributed by atoms with Crippen molar-refractivity contribution in [1.82, 2.24) is 0 Å². The number of hydrogen-bond acceptors (Lipinski definition) is 5. The van der Waals surface area contributed by atoms with Gasteiger partial charge in [-0.05, 0) is 82.6 Å². The van der Waals surface area contributed by atoms with E-state index in [1.165, 1.54) is 5.57 Å². The largest absolute Gasteiger partial charge is 0.458 e. The molecule has 1 unspecified atom stereocenters. The molecule has 2 aliphatic rings. The summed E-state index contributed by atoms with van der Waals surface area (Å²) >= 11 is 0. The van der Waals surface area contributed by atoms with Crippen LogP contribution >= 0.6 is 0 Å². The number of ether oxygens (including phenoxy) is 2. The Balaban J connectivity index is 1.80. The predicted molar refractivity (Wildman–Crippen MR) is 124 cm³/mol. The molecule has 1 saturated carbocycles. The van der Waals surface area contributed by atoms with E-state index >= 15 is 0 Å².